The molecule has 4 rings (SSSR count). The van der Waals surface area contributed by atoms with Crippen molar-refractivity contribution in [3.8, 4) is 0 Å². The Kier molecular flexibility index (Phi) is 6.01. The minimum absolute atomic E-state index is 0.0569. The number of anilines is 1. The van der Waals surface area contributed by atoms with Crippen molar-refractivity contribution < 1.29 is 13.2 Å². The zero-order valence-electron chi connectivity index (χ0n) is 16.6. The maximum absolute atomic E-state index is 12.6. The van der Waals surface area contributed by atoms with Crippen LogP contribution in [0, 0.1) is 0 Å². The lowest BCUT2D eigenvalue weighted by Crippen LogP contribution is -2.27. The largest absolute Gasteiger partial charge is 0.311 e. The predicted octanol–water partition coefficient (Wildman–Crippen LogP) is 3.35. The van der Waals surface area contributed by atoms with Crippen molar-refractivity contribution in [2.45, 2.75) is 62.3 Å². The van der Waals surface area contributed by atoms with Crippen LogP contribution in [0.2, 0.25) is 0 Å². The summed E-state index contributed by atoms with van der Waals surface area (Å²) in [5, 5.41) is 7.35. The Morgan fingerprint density at radius 3 is 2.41 bits per heavy atom. The first-order valence-electron chi connectivity index (χ1n) is 10.5. The molecule has 2 heterocycles. The van der Waals surface area contributed by atoms with Crippen LogP contribution in [-0.2, 0) is 21.2 Å². The fourth-order valence-electron chi connectivity index (χ4n) is 4.22. The molecule has 2 aliphatic rings. The number of nitrogens with one attached hydrogen (secondary N) is 1. The third-order valence-electron chi connectivity index (χ3n) is 5.88. The van der Waals surface area contributed by atoms with Gasteiger partial charge in [0.05, 0.1) is 17.1 Å². The summed E-state index contributed by atoms with van der Waals surface area (Å²) in [5.74, 6) is 0.701. The Morgan fingerprint density at radius 1 is 1.03 bits per heavy atom. The van der Waals surface area contributed by atoms with Crippen LogP contribution in [0.4, 0.5) is 5.82 Å². The molecule has 1 saturated carbocycles. The van der Waals surface area contributed by atoms with Gasteiger partial charge in [-0.1, -0.05) is 25.0 Å². The van der Waals surface area contributed by atoms with Gasteiger partial charge < -0.3 is 5.32 Å². The molecule has 8 heteroatoms. The lowest BCUT2D eigenvalue weighted by atomic mass is 10.1. The van der Waals surface area contributed by atoms with Gasteiger partial charge in [-0.25, -0.2) is 13.1 Å². The van der Waals surface area contributed by atoms with Gasteiger partial charge in [0, 0.05) is 25.6 Å². The Morgan fingerprint density at radius 2 is 1.72 bits per heavy atom. The quantitative estimate of drug-likeness (QED) is 0.750. The summed E-state index contributed by atoms with van der Waals surface area (Å²) in [5.41, 5.74) is 0.949. The molecule has 7 nitrogen and oxygen atoms in total. The number of aromatic nitrogens is 2. The highest BCUT2D eigenvalue weighted by atomic mass is 32.2. The van der Waals surface area contributed by atoms with Gasteiger partial charge in [0.1, 0.15) is 5.82 Å². The van der Waals surface area contributed by atoms with Crippen molar-refractivity contribution in [2.24, 2.45) is 0 Å². The lowest BCUT2D eigenvalue weighted by Gasteiger charge is -2.16. The molecule has 1 aromatic heterocycles. The van der Waals surface area contributed by atoms with Crippen LogP contribution in [-0.4, -0.2) is 41.5 Å². The van der Waals surface area contributed by atoms with Gasteiger partial charge in [-0.2, -0.15) is 9.40 Å². The van der Waals surface area contributed by atoms with Crippen molar-refractivity contribution in [3.05, 3.63) is 42.1 Å². The molecule has 29 heavy (non-hydrogen) atoms. The summed E-state index contributed by atoms with van der Waals surface area (Å²) in [6.45, 7) is 1.20. The van der Waals surface area contributed by atoms with E-state index in [1.165, 1.54) is 12.8 Å². The highest BCUT2D eigenvalue weighted by molar-refractivity contribution is 7.89. The maximum Gasteiger partial charge on any atom is 0.243 e. The number of carbonyl (C=O) groups is 1. The molecule has 1 saturated heterocycles. The molecule has 0 spiro atoms. The summed E-state index contributed by atoms with van der Waals surface area (Å²) >= 11 is 0. The third kappa shape index (κ3) is 4.53. The smallest absolute Gasteiger partial charge is 0.243 e. The van der Waals surface area contributed by atoms with Crippen LogP contribution < -0.4 is 5.32 Å². The van der Waals surface area contributed by atoms with Gasteiger partial charge in [0.15, 0.2) is 0 Å². The van der Waals surface area contributed by atoms with Crippen LogP contribution >= 0.6 is 0 Å². The summed E-state index contributed by atoms with van der Waals surface area (Å²) < 4.78 is 28.6. The molecule has 2 fully saturated rings. The van der Waals surface area contributed by atoms with Crippen molar-refractivity contribution >= 4 is 21.7 Å². The van der Waals surface area contributed by atoms with Crippen molar-refractivity contribution in [1.29, 1.82) is 0 Å². The molecule has 1 amide bonds. The first-order chi connectivity index (χ1) is 14.0. The summed E-state index contributed by atoms with van der Waals surface area (Å²) in [6.07, 6.45) is 9.12. The molecule has 156 valence electrons. The van der Waals surface area contributed by atoms with Gasteiger partial charge in [-0.3, -0.25) is 4.79 Å². The molecule has 1 aliphatic carbocycles. The molecule has 1 aromatic carbocycles. The van der Waals surface area contributed by atoms with E-state index in [-0.39, 0.29) is 5.91 Å². The minimum atomic E-state index is -3.39. The molecular formula is C21H28N4O3S. The molecule has 1 aliphatic heterocycles. The molecule has 2 aromatic rings. The highest BCUT2D eigenvalue weighted by Gasteiger charge is 2.27. The SMILES string of the molecule is O=C(CCc1ccc(S(=O)(=O)N2CCCC2)cc1)Nc1ccnn1C1CCCC1. The van der Waals surface area contributed by atoms with E-state index < -0.39 is 10.0 Å². The number of hydrogen-bond acceptors (Lipinski definition) is 4. The molecule has 0 bridgehead atoms. The Bertz CT molecular complexity index is 941. The van der Waals surface area contributed by atoms with Crippen LogP contribution in [0.25, 0.3) is 0 Å². The zero-order chi connectivity index (χ0) is 20.3. The maximum atomic E-state index is 12.6. The number of rotatable bonds is 7. The van der Waals surface area contributed by atoms with Gasteiger partial charge in [-0.15, -0.1) is 0 Å². The second-order valence-electron chi connectivity index (χ2n) is 7.90. The Balaban J connectivity index is 1.32. The van der Waals surface area contributed by atoms with E-state index in [0.717, 1.165) is 37.1 Å². The van der Waals surface area contributed by atoms with Crippen molar-refractivity contribution in [2.75, 3.05) is 18.4 Å². The normalized spacial score (nSPS) is 18.3. The van der Waals surface area contributed by atoms with Crippen molar-refractivity contribution in [3.63, 3.8) is 0 Å². The van der Waals surface area contributed by atoms with E-state index in [9.17, 15) is 13.2 Å². The van der Waals surface area contributed by atoms with E-state index >= 15 is 0 Å². The number of carbonyl (C=O) groups excluding carboxylic acids is 1. The van der Waals surface area contributed by atoms with E-state index in [4.69, 9.17) is 0 Å². The summed E-state index contributed by atoms with van der Waals surface area (Å²) in [7, 11) is -3.39. The predicted molar refractivity (Wildman–Crippen MR) is 111 cm³/mol. The van der Waals surface area contributed by atoms with E-state index in [0.29, 0.717) is 36.9 Å². The second kappa shape index (κ2) is 8.67. The standard InChI is InChI=1S/C21H28N4O3S/c26-21(23-20-13-14-22-25(20)18-5-1-2-6-18)12-9-17-7-10-19(11-8-17)29(27,28)24-15-3-4-16-24/h7-8,10-11,13-14,18H,1-6,9,12,15-16H2,(H,23,26). The van der Waals surface area contributed by atoms with Crippen LogP contribution in [0.15, 0.2) is 41.4 Å². The number of aryl methyl sites for hydroxylation is 1. The molecule has 0 atom stereocenters. The first kappa shape index (κ1) is 20.1. The second-order valence-corrected chi connectivity index (χ2v) is 9.84. The number of amides is 1. The zero-order valence-corrected chi connectivity index (χ0v) is 17.4. The van der Waals surface area contributed by atoms with Crippen LogP contribution in [0.3, 0.4) is 0 Å². The highest BCUT2D eigenvalue weighted by Crippen LogP contribution is 2.31. The van der Waals surface area contributed by atoms with Gasteiger partial charge in [0.25, 0.3) is 0 Å². The fraction of sp³-hybridized carbons (Fsp3) is 0.524. The van der Waals surface area contributed by atoms with Gasteiger partial charge in [-0.05, 0) is 49.8 Å². The monoisotopic (exact) mass is 416 g/mol. The molecular weight excluding hydrogens is 388 g/mol. The number of nitrogens with zero attached hydrogens (tertiary/aromatic N) is 3. The molecule has 0 unspecified atom stereocenters. The lowest BCUT2D eigenvalue weighted by molar-refractivity contribution is -0.116. The topological polar surface area (TPSA) is 84.3 Å². The van der Waals surface area contributed by atoms with E-state index in [1.54, 1.807) is 34.8 Å². The van der Waals surface area contributed by atoms with E-state index in [2.05, 4.69) is 10.4 Å². The van der Waals surface area contributed by atoms with Crippen LogP contribution in [0.5, 0.6) is 0 Å². The number of sulfonamides is 1. The van der Waals surface area contributed by atoms with Crippen molar-refractivity contribution in [1.82, 2.24) is 14.1 Å². The average molecular weight is 417 g/mol. The number of benzene rings is 1. The fourth-order valence-corrected chi connectivity index (χ4v) is 5.74. The summed E-state index contributed by atoms with van der Waals surface area (Å²) in [6, 6.07) is 9.13. The van der Waals surface area contributed by atoms with Crippen LogP contribution in [0.1, 0.15) is 56.6 Å². The Hall–Kier alpha value is -2.19. The Labute approximate surface area is 172 Å². The van der Waals surface area contributed by atoms with E-state index in [1.807, 2.05) is 10.7 Å². The van der Waals surface area contributed by atoms with Gasteiger partial charge in [0.2, 0.25) is 15.9 Å². The first-order valence-corrected chi connectivity index (χ1v) is 11.9. The average Bonchev–Trinajstić information content (AvgIpc) is 3.48. The van der Waals surface area contributed by atoms with Gasteiger partial charge >= 0.3 is 0 Å². The summed E-state index contributed by atoms with van der Waals surface area (Å²) in [4.78, 5) is 12.7. The molecule has 0 radical (unpaired) electrons. The number of hydrogen-bond donors (Lipinski definition) is 1. The molecule has 1 N–H and O–H groups in total. The minimum Gasteiger partial charge on any atom is -0.311 e. The third-order valence-corrected chi connectivity index (χ3v) is 7.79.